The van der Waals surface area contributed by atoms with Gasteiger partial charge in [0.15, 0.2) is 5.96 Å². The number of nitriles is 1. The van der Waals surface area contributed by atoms with Gasteiger partial charge in [0.25, 0.3) is 0 Å². The molecule has 0 spiro atoms. The van der Waals surface area contributed by atoms with Crippen LogP contribution in [-0.4, -0.2) is 5.96 Å². The molecule has 4 nitrogen and oxygen atoms in total. The van der Waals surface area contributed by atoms with Gasteiger partial charge in [0.2, 0.25) is 0 Å². The fraction of sp³-hybridized carbons (Fsp3) is 0. The van der Waals surface area contributed by atoms with Crippen LogP contribution in [0.15, 0.2) is 0 Å². The van der Waals surface area contributed by atoms with Gasteiger partial charge in [-0.25, -0.2) is 0 Å². The second-order valence-corrected chi connectivity index (χ2v) is 0.755. The van der Waals surface area contributed by atoms with Crippen LogP contribution < -0.4 is 80.4 Å². The molecule has 11 heavy (non-hydrogen) atoms. The van der Waals surface area contributed by atoms with Crippen molar-refractivity contribution >= 4 is 18.6 Å². The molecule has 0 amide bonds. The summed E-state index contributed by atoms with van der Waals surface area (Å²) >= 11 is 3.09. The van der Waals surface area contributed by atoms with Crippen LogP contribution in [0.3, 0.4) is 0 Å². The van der Waals surface area contributed by atoms with Crippen molar-refractivity contribution in [3.05, 3.63) is 0 Å². The maximum Gasteiger partial charge on any atom is 1.00 e. The molecule has 0 saturated heterocycles. The largest absolute Gasteiger partial charge is 1.00 e. The minimum atomic E-state index is -0.333. The number of rotatable bonds is 0. The van der Waals surface area contributed by atoms with Gasteiger partial charge in [-0.05, 0) is 0 Å². The van der Waals surface area contributed by atoms with Crippen LogP contribution in [0.4, 0.5) is 14.1 Å². The first-order valence-electron chi connectivity index (χ1n) is 1.27. The smallest absolute Gasteiger partial charge is 1.00 e. The van der Waals surface area contributed by atoms with E-state index in [1.54, 1.807) is 0 Å². The van der Waals surface area contributed by atoms with E-state index in [1.807, 2.05) is 0 Å². The molecule has 0 aliphatic carbocycles. The van der Waals surface area contributed by atoms with Gasteiger partial charge < -0.3 is 12.9 Å². The molecule has 0 aromatic carbocycles. The van der Waals surface area contributed by atoms with Crippen LogP contribution in [0.1, 0.15) is 1.43 Å². The first-order chi connectivity index (χ1) is 3.15. The van der Waals surface area contributed by atoms with Crippen molar-refractivity contribution in [1.29, 1.82) is 10.7 Å². The predicted molar refractivity (Wildman–Crippen MR) is 39.3 cm³/mol. The van der Waals surface area contributed by atoms with E-state index in [4.69, 9.17) is 10.7 Å². The number of guanidine groups is 1. The Morgan fingerprint density at radius 2 is 1.36 bits per heavy atom. The summed E-state index contributed by atoms with van der Waals surface area (Å²) in [5, 5.41) is 14.7. The van der Waals surface area contributed by atoms with Gasteiger partial charge in [-0.15, -0.1) is 0 Å². The number of thiol groups is 1. The van der Waals surface area contributed by atoms with E-state index >= 15 is 0 Å². The van der Waals surface area contributed by atoms with E-state index in [2.05, 4.69) is 24.1 Å². The number of hydrogen-bond donors (Lipinski definition) is 4. The van der Waals surface area contributed by atoms with E-state index in [-0.39, 0.29) is 90.4 Å². The van der Waals surface area contributed by atoms with E-state index in [1.165, 1.54) is 5.40 Å². The molecule has 0 heterocycles. The van der Waals surface area contributed by atoms with Crippen molar-refractivity contribution in [2.24, 2.45) is 11.5 Å². The maximum absolute atomic E-state index is 7.18. The summed E-state index contributed by atoms with van der Waals surface area (Å²) in [5.74, 6) is -0.333. The Morgan fingerprint density at radius 3 is 1.36 bits per heavy atom. The van der Waals surface area contributed by atoms with Gasteiger partial charge in [0.1, 0.15) is 5.40 Å². The molecule has 9 heteroatoms. The Morgan fingerprint density at radius 1 is 1.36 bits per heavy atom. The Labute approximate surface area is 128 Å². The molecule has 0 aromatic rings. The zero-order chi connectivity index (χ0) is 6.28. The van der Waals surface area contributed by atoms with Gasteiger partial charge in [-0.1, -0.05) is 12.6 Å². The van der Waals surface area contributed by atoms with Gasteiger partial charge >= 0.3 is 68.9 Å². The average molecular weight is 312 g/mol. The number of halogens is 3. The molecule has 0 unspecified atom stereocenters. The average Bonchev–Trinajstić information content (AvgIpc) is 1.33. The summed E-state index contributed by atoms with van der Waals surface area (Å²) in [5.41, 5.74) is 8.94. The topological polar surface area (TPSA) is 99.7 Å². The molecule has 0 aromatic heterocycles. The minimum absolute atomic E-state index is 0. The van der Waals surface area contributed by atoms with Crippen LogP contribution in [0.25, 0.3) is 0 Å². The first kappa shape index (κ1) is 40.5. The Bertz CT molecular complexity index is 96.8. The molecule has 66 valence electrons. The van der Waals surface area contributed by atoms with Crippen molar-refractivity contribution in [1.82, 2.24) is 0 Å². The molecule has 0 fully saturated rings. The second kappa shape index (κ2) is 44.2. The van der Waals surface area contributed by atoms with Crippen molar-refractivity contribution in [3.63, 3.8) is 0 Å². The number of nitrogens with zero attached hydrogens (tertiary/aromatic N) is 1. The molecular weight excluding hydrogens is 302 g/mol. The molecule has 0 atom stereocenters. The van der Waals surface area contributed by atoms with Crippen molar-refractivity contribution < 1.29 is 84.4 Å². The molecule has 0 saturated carbocycles. The maximum atomic E-state index is 7.18. The normalized spacial score (nSPS) is 2.91. The van der Waals surface area contributed by atoms with Crippen molar-refractivity contribution in [2.45, 2.75) is 0 Å². The molecule has 0 aliphatic rings. The molecule has 5 N–H and O–H groups in total. The first-order valence-corrected chi connectivity index (χ1v) is 1.72. The predicted octanol–water partition coefficient (Wildman–Crippen LogP) is -3.19. The fourth-order valence-electron chi connectivity index (χ4n) is 0. The Kier molecular flexibility index (Phi) is 163. The molecular formula is C2H10CsF3N4S. The third kappa shape index (κ3) is 969. The second-order valence-electron chi connectivity index (χ2n) is 0.555. The van der Waals surface area contributed by atoms with E-state index in [9.17, 15) is 0 Å². The van der Waals surface area contributed by atoms with E-state index < -0.39 is 0 Å². The molecule has 0 radical (unpaired) electrons. The van der Waals surface area contributed by atoms with Gasteiger partial charge in [-0.3, -0.25) is 19.5 Å². The van der Waals surface area contributed by atoms with Crippen molar-refractivity contribution in [2.75, 3.05) is 0 Å². The van der Waals surface area contributed by atoms with Crippen LogP contribution in [0, 0.1) is 16.1 Å². The zero-order valence-electron chi connectivity index (χ0n) is 6.77. The monoisotopic (exact) mass is 312 g/mol. The molecule has 0 aliphatic heterocycles. The van der Waals surface area contributed by atoms with Gasteiger partial charge in [0.05, 0.1) is 0 Å². The Balaban J connectivity index is -0.00000000597. The van der Waals surface area contributed by atoms with Crippen LogP contribution >= 0.6 is 12.6 Å². The standard InChI is InChI=1S/CH5N3.CHNS.Cs.3FH.H/c2-1(3)4;2-1-3;;;;;/h(H5,2,3,4);3H;;3*1H;/q;;+1;;;;-1. The summed E-state index contributed by atoms with van der Waals surface area (Å²) in [6.07, 6.45) is 0. The van der Waals surface area contributed by atoms with Gasteiger partial charge in [0, 0.05) is 0 Å². The summed E-state index contributed by atoms with van der Waals surface area (Å²) < 4.78 is 0. The van der Waals surface area contributed by atoms with Crippen LogP contribution in [0.2, 0.25) is 0 Å². The Hall–Kier alpha value is 0.952. The summed E-state index contributed by atoms with van der Waals surface area (Å²) in [7, 11) is 0. The van der Waals surface area contributed by atoms with E-state index in [0.717, 1.165) is 0 Å². The van der Waals surface area contributed by atoms with E-state index in [0.29, 0.717) is 0 Å². The summed E-state index contributed by atoms with van der Waals surface area (Å²) in [4.78, 5) is 0. The minimum Gasteiger partial charge on any atom is -1.00 e. The summed E-state index contributed by atoms with van der Waals surface area (Å²) in [6, 6.07) is 0. The number of thiocyanates is 1. The number of hydrogen-bond acceptors (Lipinski definition) is 3. The molecule has 0 rings (SSSR count). The third-order valence-electron chi connectivity index (χ3n) is 0. The quantitative estimate of drug-likeness (QED) is 0.164. The van der Waals surface area contributed by atoms with Crippen molar-refractivity contribution in [3.8, 4) is 5.40 Å². The van der Waals surface area contributed by atoms with Crippen LogP contribution in [-0.2, 0) is 0 Å². The fourth-order valence-corrected chi connectivity index (χ4v) is 0. The molecule has 0 bridgehead atoms. The van der Waals surface area contributed by atoms with Crippen LogP contribution in [0.5, 0.6) is 0 Å². The summed E-state index contributed by atoms with van der Waals surface area (Å²) in [6.45, 7) is 0. The van der Waals surface area contributed by atoms with Gasteiger partial charge in [-0.2, -0.15) is 5.26 Å². The number of nitrogens with one attached hydrogen (secondary N) is 1. The third-order valence-corrected chi connectivity index (χ3v) is 0. The SMILES string of the molecule is F.F.F.N#CS.N=C(N)N.[Cs+].[H-]. The zero-order valence-corrected chi connectivity index (χ0v) is 12.9. The number of nitrogens with two attached hydrogens (primary N) is 2.